The van der Waals surface area contributed by atoms with Gasteiger partial charge in [-0.05, 0) is 40.8 Å². The van der Waals surface area contributed by atoms with Crippen LogP contribution in [0.25, 0.3) is 0 Å². The highest BCUT2D eigenvalue weighted by Gasteiger charge is 2.09. The van der Waals surface area contributed by atoms with E-state index in [-0.39, 0.29) is 5.95 Å². The van der Waals surface area contributed by atoms with E-state index in [4.69, 9.17) is 26.8 Å². The molecule has 2 rings (SSSR count). The molecule has 3 N–H and O–H groups in total. The van der Waals surface area contributed by atoms with Gasteiger partial charge in [0, 0.05) is 10.7 Å². The van der Waals surface area contributed by atoms with Gasteiger partial charge in [-0.2, -0.15) is 4.98 Å². The van der Waals surface area contributed by atoms with E-state index in [0.29, 0.717) is 29.8 Å². The second-order valence-electron chi connectivity index (χ2n) is 4.03. The lowest BCUT2D eigenvalue weighted by molar-refractivity contribution is 0.146. The van der Waals surface area contributed by atoms with Gasteiger partial charge in [0.2, 0.25) is 5.95 Å². The van der Waals surface area contributed by atoms with Crippen molar-refractivity contribution in [3.8, 4) is 5.75 Å². The van der Waals surface area contributed by atoms with Gasteiger partial charge in [-0.25, -0.2) is 4.98 Å². The third kappa shape index (κ3) is 4.58. The predicted molar refractivity (Wildman–Crippen MR) is 91.3 cm³/mol. The molecule has 1 aromatic heterocycles. The monoisotopic (exact) mass is 420 g/mol. The van der Waals surface area contributed by atoms with Crippen LogP contribution in [0.2, 0.25) is 5.02 Å². The zero-order valence-electron chi connectivity index (χ0n) is 11.3. The van der Waals surface area contributed by atoms with Crippen LogP contribution < -0.4 is 15.8 Å². The van der Waals surface area contributed by atoms with Crippen molar-refractivity contribution in [2.45, 2.75) is 0 Å². The molecule has 1 heterocycles. The van der Waals surface area contributed by atoms with Crippen molar-refractivity contribution in [2.75, 3.05) is 31.4 Å². The number of hydrogen-bond donors (Lipinski definition) is 2. The van der Waals surface area contributed by atoms with Crippen molar-refractivity contribution in [3.63, 3.8) is 0 Å². The summed E-state index contributed by atoms with van der Waals surface area (Å²) in [7, 11) is 1.62. The van der Waals surface area contributed by atoms with Gasteiger partial charge < -0.3 is 20.5 Å². The van der Waals surface area contributed by atoms with Crippen LogP contribution in [0.3, 0.4) is 0 Å². The summed E-state index contributed by atoms with van der Waals surface area (Å²) in [6.07, 6.45) is 1.45. The predicted octanol–water partition coefficient (Wildman–Crippen LogP) is 3.09. The number of halogens is 2. The van der Waals surface area contributed by atoms with Crippen molar-refractivity contribution < 1.29 is 9.47 Å². The molecule has 0 aliphatic carbocycles. The first-order valence-corrected chi connectivity index (χ1v) is 7.52. The molecule has 6 nitrogen and oxygen atoms in total. The minimum absolute atomic E-state index is 0.148. The molecule has 112 valence electrons. The van der Waals surface area contributed by atoms with Crippen LogP contribution in [-0.4, -0.2) is 30.3 Å². The summed E-state index contributed by atoms with van der Waals surface area (Å²) < 4.78 is 11.7. The van der Waals surface area contributed by atoms with Gasteiger partial charge in [-0.1, -0.05) is 11.6 Å². The Labute approximate surface area is 141 Å². The van der Waals surface area contributed by atoms with Gasteiger partial charge in [-0.3, -0.25) is 0 Å². The van der Waals surface area contributed by atoms with E-state index in [0.717, 1.165) is 9.26 Å². The van der Waals surface area contributed by atoms with Gasteiger partial charge in [-0.15, -0.1) is 0 Å². The van der Waals surface area contributed by atoms with Crippen LogP contribution in [0.5, 0.6) is 5.75 Å². The van der Waals surface area contributed by atoms with Gasteiger partial charge >= 0.3 is 0 Å². The Morgan fingerprint density at radius 3 is 2.95 bits per heavy atom. The number of nitrogens with two attached hydrogens (primary N) is 1. The fourth-order valence-electron chi connectivity index (χ4n) is 1.56. The fraction of sp³-hybridized carbons (Fsp3) is 0.231. The summed E-state index contributed by atoms with van der Waals surface area (Å²) in [4.78, 5) is 7.90. The molecule has 0 saturated heterocycles. The smallest absolute Gasteiger partial charge is 0.222 e. The van der Waals surface area contributed by atoms with Crippen molar-refractivity contribution in [2.24, 2.45) is 0 Å². The number of rotatable bonds is 6. The summed E-state index contributed by atoms with van der Waals surface area (Å²) in [5.74, 6) is 1.26. The van der Waals surface area contributed by atoms with Crippen molar-refractivity contribution in [3.05, 3.63) is 33.0 Å². The summed E-state index contributed by atoms with van der Waals surface area (Å²) in [6.45, 7) is 0.956. The Balaban J connectivity index is 2.25. The first-order valence-electron chi connectivity index (χ1n) is 6.06. The summed E-state index contributed by atoms with van der Waals surface area (Å²) in [6, 6.07) is 5.75. The zero-order valence-corrected chi connectivity index (χ0v) is 14.2. The number of aromatic nitrogens is 2. The molecular weight excluding hydrogens is 407 g/mol. The van der Waals surface area contributed by atoms with E-state index in [1.54, 1.807) is 7.11 Å². The average molecular weight is 421 g/mol. The van der Waals surface area contributed by atoms with E-state index in [1.807, 2.05) is 18.2 Å². The molecule has 1 aromatic carbocycles. The first-order chi connectivity index (χ1) is 10.1. The number of nitrogen functional groups attached to an aromatic ring is 1. The Morgan fingerprint density at radius 2 is 2.19 bits per heavy atom. The molecule has 0 amide bonds. The lowest BCUT2D eigenvalue weighted by Gasteiger charge is -2.14. The highest BCUT2D eigenvalue weighted by Crippen LogP contribution is 2.31. The Bertz CT molecular complexity index is 627. The van der Waals surface area contributed by atoms with Crippen LogP contribution in [0, 0.1) is 3.57 Å². The Hall–Kier alpha value is -1.32. The Kier molecular flexibility index (Phi) is 5.83. The SMILES string of the molecule is COCCOc1ccc(I)cc1Nc1nc(N)ncc1Cl. The van der Waals surface area contributed by atoms with Crippen LogP contribution in [0.1, 0.15) is 0 Å². The number of nitrogens with zero attached hydrogens (tertiary/aromatic N) is 2. The van der Waals surface area contributed by atoms with Crippen LogP contribution in [0.4, 0.5) is 17.5 Å². The highest BCUT2D eigenvalue weighted by atomic mass is 127. The molecule has 0 saturated carbocycles. The van der Waals surface area contributed by atoms with E-state index in [2.05, 4.69) is 37.9 Å². The quantitative estimate of drug-likeness (QED) is 0.552. The van der Waals surface area contributed by atoms with Gasteiger partial charge in [0.05, 0.1) is 18.5 Å². The maximum absolute atomic E-state index is 6.06. The molecule has 2 aromatic rings. The second kappa shape index (κ2) is 7.62. The zero-order chi connectivity index (χ0) is 15.2. The highest BCUT2D eigenvalue weighted by molar-refractivity contribution is 14.1. The fourth-order valence-corrected chi connectivity index (χ4v) is 2.19. The number of ether oxygens (including phenoxy) is 2. The minimum atomic E-state index is 0.148. The molecule has 0 aliphatic heterocycles. The number of nitrogens with one attached hydrogen (secondary N) is 1. The molecule has 0 bridgehead atoms. The maximum atomic E-state index is 6.06. The number of hydrogen-bond acceptors (Lipinski definition) is 6. The van der Waals surface area contributed by atoms with Gasteiger partial charge in [0.1, 0.15) is 17.4 Å². The first kappa shape index (κ1) is 16.1. The maximum Gasteiger partial charge on any atom is 0.222 e. The van der Waals surface area contributed by atoms with E-state index >= 15 is 0 Å². The topological polar surface area (TPSA) is 82.3 Å². The van der Waals surface area contributed by atoms with Crippen molar-refractivity contribution in [1.82, 2.24) is 9.97 Å². The van der Waals surface area contributed by atoms with E-state index in [9.17, 15) is 0 Å². The molecule has 0 spiro atoms. The van der Waals surface area contributed by atoms with Crippen LogP contribution in [-0.2, 0) is 4.74 Å². The molecule has 0 unspecified atom stereocenters. The second-order valence-corrected chi connectivity index (χ2v) is 5.68. The third-order valence-corrected chi connectivity index (χ3v) is 3.45. The third-order valence-electron chi connectivity index (χ3n) is 2.50. The number of anilines is 3. The van der Waals surface area contributed by atoms with E-state index < -0.39 is 0 Å². The average Bonchev–Trinajstić information content (AvgIpc) is 2.45. The Morgan fingerprint density at radius 1 is 1.38 bits per heavy atom. The summed E-state index contributed by atoms with van der Waals surface area (Å²) >= 11 is 8.27. The van der Waals surface area contributed by atoms with Crippen LogP contribution >= 0.6 is 34.2 Å². The molecule has 0 atom stereocenters. The summed E-state index contributed by atoms with van der Waals surface area (Å²) in [5, 5.41) is 3.50. The van der Waals surface area contributed by atoms with Crippen LogP contribution in [0.15, 0.2) is 24.4 Å². The van der Waals surface area contributed by atoms with Crippen molar-refractivity contribution in [1.29, 1.82) is 0 Å². The standard InChI is InChI=1S/C13H14ClIN4O2/c1-20-4-5-21-11-3-2-8(15)6-10(11)18-12-9(14)7-17-13(16)19-12/h2-3,6-7H,4-5H2,1H3,(H3,16,17,18,19). The lowest BCUT2D eigenvalue weighted by Crippen LogP contribution is -2.07. The summed E-state index contributed by atoms with van der Waals surface area (Å²) in [5.41, 5.74) is 6.33. The van der Waals surface area contributed by atoms with Gasteiger partial charge in [0.15, 0.2) is 5.82 Å². The lowest BCUT2D eigenvalue weighted by atomic mass is 10.3. The van der Waals surface area contributed by atoms with E-state index in [1.165, 1.54) is 6.20 Å². The molecule has 0 fully saturated rings. The number of benzene rings is 1. The molecular formula is C13H14ClIN4O2. The largest absolute Gasteiger partial charge is 0.489 e. The van der Waals surface area contributed by atoms with Crippen molar-refractivity contribution >= 4 is 51.6 Å². The molecule has 8 heteroatoms. The van der Waals surface area contributed by atoms with Gasteiger partial charge in [0.25, 0.3) is 0 Å². The normalized spacial score (nSPS) is 10.4. The molecule has 0 aliphatic rings. The molecule has 0 radical (unpaired) electrons. The number of methoxy groups -OCH3 is 1. The minimum Gasteiger partial charge on any atom is -0.489 e. The molecule has 21 heavy (non-hydrogen) atoms.